The maximum absolute atomic E-state index is 12.3. The number of halogens is 3. The van der Waals surface area contributed by atoms with Crippen LogP contribution in [0.25, 0.3) is 0 Å². The molecule has 1 aromatic rings. The van der Waals surface area contributed by atoms with Crippen molar-refractivity contribution >= 4 is 11.4 Å². The molecule has 0 atom stereocenters. The number of alkyl halides is 3. The van der Waals surface area contributed by atoms with E-state index in [1.165, 1.54) is 12.1 Å². The lowest BCUT2D eigenvalue weighted by Crippen LogP contribution is -2.43. The van der Waals surface area contributed by atoms with E-state index in [4.69, 9.17) is 5.73 Å². The third-order valence-electron chi connectivity index (χ3n) is 1.57. The van der Waals surface area contributed by atoms with Crippen LogP contribution in [0.3, 0.4) is 0 Å². The van der Waals surface area contributed by atoms with Gasteiger partial charge in [0.15, 0.2) is 5.03 Å². The summed E-state index contributed by atoms with van der Waals surface area (Å²) in [4.78, 5) is 10.3. The molecule has 0 heterocycles. The van der Waals surface area contributed by atoms with Crippen molar-refractivity contribution in [3.8, 4) is 0 Å². The Morgan fingerprint density at radius 1 is 1.33 bits per heavy atom. The zero-order chi connectivity index (χ0) is 11.6. The van der Waals surface area contributed by atoms with Crippen LogP contribution in [-0.2, 0) is 0 Å². The Labute approximate surface area is 82.0 Å². The fraction of sp³-hybridized carbons (Fsp3) is 0.143. The molecule has 0 aliphatic carbocycles. The van der Waals surface area contributed by atoms with Crippen molar-refractivity contribution in [1.29, 1.82) is 0 Å². The molecule has 0 amide bonds. The first-order valence-electron chi connectivity index (χ1n) is 3.70. The number of nitrogen functional groups attached to an aromatic ring is 1. The van der Waals surface area contributed by atoms with Crippen molar-refractivity contribution in [2.24, 2.45) is 0 Å². The minimum absolute atomic E-state index is 0.313. The van der Waals surface area contributed by atoms with Crippen LogP contribution in [0, 0.1) is 10.1 Å². The number of hydrogen-bond donors (Lipinski definition) is 1. The van der Waals surface area contributed by atoms with Gasteiger partial charge in [-0.05, 0) is 12.1 Å². The molecule has 0 aliphatic rings. The van der Waals surface area contributed by atoms with Gasteiger partial charge in [0.25, 0.3) is 0 Å². The molecule has 1 rings (SSSR count). The number of nitrogens with two attached hydrogens (primary N) is 1. The third kappa shape index (κ3) is 2.27. The molecule has 0 spiro atoms. The van der Waals surface area contributed by atoms with E-state index in [9.17, 15) is 23.3 Å². The van der Waals surface area contributed by atoms with Gasteiger partial charge in [0.05, 0.1) is 5.69 Å². The summed E-state index contributed by atoms with van der Waals surface area (Å²) in [6, 6.07) is 4.68. The second-order valence-electron chi connectivity index (χ2n) is 2.58. The van der Waals surface area contributed by atoms with Crippen LogP contribution in [0.4, 0.5) is 24.5 Å². The highest BCUT2D eigenvalue weighted by Gasteiger charge is 2.48. The van der Waals surface area contributed by atoms with E-state index < -0.39 is 22.0 Å². The summed E-state index contributed by atoms with van der Waals surface area (Å²) in [6.45, 7) is 0. The van der Waals surface area contributed by atoms with Gasteiger partial charge in [-0.3, -0.25) is 0 Å². The van der Waals surface area contributed by atoms with Crippen molar-refractivity contribution in [1.82, 2.24) is 0 Å². The molecule has 82 valence electrons. The van der Waals surface area contributed by atoms with E-state index in [1.54, 1.807) is 0 Å². The van der Waals surface area contributed by atoms with E-state index in [-0.39, 0.29) is 5.69 Å². The van der Waals surface area contributed by atoms with Crippen LogP contribution in [0.15, 0.2) is 24.3 Å². The molecule has 15 heavy (non-hydrogen) atoms. The molecule has 1 aromatic carbocycles. The lowest BCUT2D eigenvalue weighted by Gasteiger charge is -2.17. The normalized spacial score (nSPS) is 11.1. The number of hydrogen-bond acceptors (Lipinski definition) is 3. The zero-order valence-corrected chi connectivity index (χ0v) is 7.23. The van der Waals surface area contributed by atoms with Crippen molar-refractivity contribution in [2.45, 2.75) is 6.30 Å². The second-order valence-corrected chi connectivity index (χ2v) is 2.58. The predicted octanol–water partition coefficient (Wildman–Crippen LogP) is 1.79. The van der Waals surface area contributed by atoms with Gasteiger partial charge in [-0.1, -0.05) is 12.1 Å². The topological polar surface area (TPSA) is 72.4 Å². The molecular formula is C7H6F3N3O2. The van der Waals surface area contributed by atoms with Gasteiger partial charge in [0.1, 0.15) is 5.69 Å². The first-order chi connectivity index (χ1) is 6.84. The molecule has 0 fully saturated rings. The summed E-state index contributed by atoms with van der Waals surface area (Å²) >= 11 is 0. The van der Waals surface area contributed by atoms with Crippen molar-refractivity contribution in [2.75, 3.05) is 10.7 Å². The fourth-order valence-corrected chi connectivity index (χ4v) is 0.998. The summed E-state index contributed by atoms with van der Waals surface area (Å²) in [7, 11) is 0. The van der Waals surface area contributed by atoms with Crippen molar-refractivity contribution in [3.63, 3.8) is 0 Å². The Kier molecular flexibility index (Phi) is 2.69. The highest BCUT2D eigenvalue weighted by molar-refractivity contribution is 5.66. The van der Waals surface area contributed by atoms with Gasteiger partial charge in [-0.2, -0.15) is 0 Å². The molecule has 0 aromatic heterocycles. The summed E-state index contributed by atoms with van der Waals surface area (Å²) in [5.41, 5.74) is 4.20. The number of nitro groups is 1. The average molecular weight is 221 g/mol. The van der Waals surface area contributed by atoms with E-state index in [0.717, 1.165) is 12.1 Å². The van der Waals surface area contributed by atoms with Crippen LogP contribution in [0.2, 0.25) is 0 Å². The van der Waals surface area contributed by atoms with E-state index in [2.05, 4.69) is 0 Å². The first-order valence-corrected chi connectivity index (χ1v) is 3.70. The quantitative estimate of drug-likeness (QED) is 0.357. The lowest BCUT2D eigenvalue weighted by molar-refractivity contribution is -0.535. The first kappa shape index (κ1) is 11.1. The van der Waals surface area contributed by atoms with Crippen molar-refractivity contribution in [3.05, 3.63) is 34.4 Å². The van der Waals surface area contributed by atoms with Crippen LogP contribution >= 0.6 is 0 Å². The summed E-state index contributed by atoms with van der Waals surface area (Å²) < 4.78 is 36.8. The number of para-hydroxylation sites is 2. The molecule has 0 bridgehead atoms. The molecule has 0 radical (unpaired) electrons. The average Bonchev–Trinajstić information content (AvgIpc) is 2.05. The minimum atomic E-state index is -5.11. The van der Waals surface area contributed by atoms with Gasteiger partial charge >= 0.3 is 6.30 Å². The Morgan fingerprint density at radius 2 is 1.87 bits per heavy atom. The second kappa shape index (κ2) is 3.64. The van der Waals surface area contributed by atoms with Gasteiger partial charge < -0.3 is 5.73 Å². The van der Waals surface area contributed by atoms with Crippen LogP contribution in [0.1, 0.15) is 0 Å². The smallest absolute Gasteiger partial charge is 0.397 e. The SMILES string of the molecule is Nc1ccccc1N([N+](=O)[O-])C(F)(F)F. The Bertz CT molecular complexity index is 380. The maximum atomic E-state index is 12.3. The van der Waals surface area contributed by atoms with Gasteiger partial charge in [-0.15, -0.1) is 13.2 Å². The molecule has 0 saturated carbocycles. The molecule has 5 nitrogen and oxygen atoms in total. The van der Waals surface area contributed by atoms with Crippen LogP contribution < -0.4 is 10.7 Å². The van der Waals surface area contributed by atoms with Crippen LogP contribution in [0.5, 0.6) is 0 Å². The van der Waals surface area contributed by atoms with E-state index in [0.29, 0.717) is 0 Å². The molecule has 2 N–H and O–H groups in total. The van der Waals surface area contributed by atoms with Gasteiger partial charge in [-0.25, -0.2) is 10.1 Å². The third-order valence-corrected chi connectivity index (χ3v) is 1.57. The highest BCUT2D eigenvalue weighted by atomic mass is 19.4. The summed E-state index contributed by atoms with van der Waals surface area (Å²) in [5.74, 6) is 0. The monoisotopic (exact) mass is 221 g/mol. The predicted molar refractivity (Wildman–Crippen MR) is 46.4 cm³/mol. The number of benzene rings is 1. The molecule has 0 aliphatic heterocycles. The largest absolute Gasteiger partial charge is 0.541 e. The summed E-state index contributed by atoms with van der Waals surface area (Å²) in [6.07, 6.45) is -5.11. The number of hydrazine groups is 1. The number of anilines is 2. The Balaban J connectivity index is 3.23. The fourth-order valence-electron chi connectivity index (χ4n) is 0.998. The lowest BCUT2D eigenvalue weighted by atomic mass is 10.3. The standard InChI is InChI=1S/C7H6F3N3O2/c8-7(9,10)12(13(14)15)6-4-2-1-3-5(6)11/h1-4H,11H2. The van der Waals surface area contributed by atoms with E-state index >= 15 is 0 Å². The van der Waals surface area contributed by atoms with Gasteiger partial charge in [0, 0.05) is 5.01 Å². The number of rotatable bonds is 2. The zero-order valence-electron chi connectivity index (χ0n) is 7.23. The molecule has 0 saturated heterocycles. The Hall–Kier alpha value is -1.99. The van der Waals surface area contributed by atoms with Crippen molar-refractivity contribution < 1.29 is 18.2 Å². The highest BCUT2D eigenvalue weighted by Crippen LogP contribution is 2.32. The minimum Gasteiger partial charge on any atom is -0.397 e. The maximum Gasteiger partial charge on any atom is 0.541 e. The summed E-state index contributed by atoms with van der Waals surface area (Å²) in [5, 5.41) is 7.76. The molecular weight excluding hydrogens is 215 g/mol. The van der Waals surface area contributed by atoms with Crippen LogP contribution in [-0.4, -0.2) is 11.3 Å². The van der Waals surface area contributed by atoms with Gasteiger partial charge in [0.2, 0.25) is 0 Å². The molecule has 8 heteroatoms. The Morgan fingerprint density at radius 3 is 2.27 bits per heavy atom. The number of nitrogens with zero attached hydrogens (tertiary/aromatic N) is 2. The van der Waals surface area contributed by atoms with E-state index in [1.807, 2.05) is 0 Å². The molecule has 0 unspecified atom stereocenters.